The Labute approximate surface area is 111 Å². The number of rotatable bonds is 3. The quantitative estimate of drug-likeness (QED) is 0.814. The predicted octanol–water partition coefficient (Wildman–Crippen LogP) is 2.46. The monoisotopic (exact) mass is 255 g/mol. The fourth-order valence-corrected chi connectivity index (χ4v) is 4.05. The molecule has 0 bridgehead atoms. The molecule has 0 aromatic carbocycles. The van der Waals surface area contributed by atoms with Crippen molar-refractivity contribution >= 4 is 0 Å². The van der Waals surface area contributed by atoms with Crippen molar-refractivity contribution in [3.05, 3.63) is 0 Å². The molecule has 2 fully saturated rings. The van der Waals surface area contributed by atoms with Crippen molar-refractivity contribution in [3.63, 3.8) is 0 Å². The Balaban J connectivity index is 2.11. The van der Waals surface area contributed by atoms with Gasteiger partial charge in [0, 0.05) is 31.4 Å². The average Bonchev–Trinajstić information content (AvgIpc) is 2.38. The van der Waals surface area contributed by atoms with Crippen LogP contribution in [-0.4, -0.2) is 30.0 Å². The molecule has 1 aliphatic heterocycles. The maximum Gasteiger partial charge on any atom is 0.0762 e. The summed E-state index contributed by atoms with van der Waals surface area (Å²) in [6.45, 7) is 5.63. The first-order chi connectivity index (χ1) is 8.55. The molecule has 2 atom stereocenters. The highest BCUT2D eigenvalue weighted by molar-refractivity contribution is 5.03. The summed E-state index contributed by atoms with van der Waals surface area (Å²) in [5.74, 6) is 0.838. The van der Waals surface area contributed by atoms with E-state index in [1.807, 2.05) is 0 Å². The van der Waals surface area contributed by atoms with Gasteiger partial charge in [-0.3, -0.25) is 0 Å². The summed E-state index contributed by atoms with van der Waals surface area (Å²) in [6.07, 6.45) is 7.56. The molecule has 18 heavy (non-hydrogen) atoms. The van der Waals surface area contributed by atoms with Gasteiger partial charge in [-0.15, -0.1) is 0 Å². The van der Waals surface area contributed by atoms with E-state index in [1.54, 1.807) is 0 Å². The highest BCUT2D eigenvalue weighted by atomic mass is 16.5. The zero-order valence-electron chi connectivity index (χ0n) is 12.0. The fourth-order valence-electron chi connectivity index (χ4n) is 4.05. The molecule has 1 aliphatic carbocycles. The molecular weight excluding hydrogens is 226 g/mol. The lowest BCUT2D eigenvalue weighted by molar-refractivity contribution is -0.174. The minimum Gasteiger partial charge on any atom is -0.389 e. The molecule has 1 heterocycles. The summed E-state index contributed by atoms with van der Waals surface area (Å²) in [5.41, 5.74) is 5.43. The summed E-state index contributed by atoms with van der Waals surface area (Å²) >= 11 is 0. The van der Waals surface area contributed by atoms with Gasteiger partial charge in [-0.25, -0.2) is 0 Å². The molecule has 0 aromatic heterocycles. The maximum absolute atomic E-state index is 11.1. The van der Waals surface area contributed by atoms with Crippen LogP contribution >= 0.6 is 0 Å². The summed E-state index contributed by atoms with van der Waals surface area (Å²) in [4.78, 5) is 0. The minimum atomic E-state index is -0.599. The second-order valence-electron chi connectivity index (χ2n) is 6.50. The van der Waals surface area contributed by atoms with Crippen molar-refractivity contribution < 1.29 is 9.84 Å². The van der Waals surface area contributed by atoms with E-state index in [9.17, 15) is 5.11 Å². The maximum atomic E-state index is 11.1. The van der Waals surface area contributed by atoms with Gasteiger partial charge >= 0.3 is 0 Å². The highest BCUT2D eigenvalue weighted by Gasteiger charge is 2.52. The van der Waals surface area contributed by atoms with Crippen molar-refractivity contribution in [3.8, 4) is 0 Å². The Morgan fingerprint density at radius 3 is 2.44 bits per heavy atom. The minimum absolute atomic E-state index is 0.0588. The molecule has 2 unspecified atom stereocenters. The molecule has 1 saturated carbocycles. The first kappa shape index (κ1) is 14.3. The van der Waals surface area contributed by atoms with E-state index in [2.05, 4.69) is 13.8 Å². The summed E-state index contributed by atoms with van der Waals surface area (Å²) < 4.78 is 5.60. The Hall–Kier alpha value is -0.120. The number of hydrogen-bond donors (Lipinski definition) is 2. The standard InChI is InChI=1S/C15H29NO2/c1-3-13-4-6-14(11-16,7-5-13)15(17)8-9-18-12(2)10-15/h12-13,17H,3-11,16H2,1-2H3. The van der Waals surface area contributed by atoms with Crippen LogP contribution in [0.15, 0.2) is 0 Å². The van der Waals surface area contributed by atoms with Gasteiger partial charge in [0.15, 0.2) is 0 Å². The molecule has 2 aliphatic rings. The van der Waals surface area contributed by atoms with Crippen LogP contribution in [0.2, 0.25) is 0 Å². The summed E-state index contributed by atoms with van der Waals surface area (Å²) in [5, 5.41) is 11.1. The van der Waals surface area contributed by atoms with Gasteiger partial charge in [-0.05, 0) is 38.5 Å². The SMILES string of the molecule is CCC1CCC(CN)(C2(O)CCOC(C)C2)CC1. The van der Waals surface area contributed by atoms with E-state index in [-0.39, 0.29) is 11.5 Å². The van der Waals surface area contributed by atoms with Gasteiger partial charge in [-0.1, -0.05) is 13.3 Å². The topological polar surface area (TPSA) is 55.5 Å². The van der Waals surface area contributed by atoms with Crippen molar-refractivity contribution in [1.29, 1.82) is 0 Å². The normalized spacial score (nSPS) is 46.0. The molecule has 0 aromatic rings. The van der Waals surface area contributed by atoms with Crippen molar-refractivity contribution in [1.82, 2.24) is 0 Å². The Kier molecular flexibility index (Phi) is 4.35. The third-order valence-corrected chi connectivity index (χ3v) is 5.56. The number of aliphatic hydroxyl groups is 1. The van der Waals surface area contributed by atoms with Gasteiger partial charge in [0.05, 0.1) is 11.7 Å². The van der Waals surface area contributed by atoms with Crippen molar-refractivity contribution in [2.75, 3.05) is 13.2 Å². The van der Waals surface area contributed by atoms with Gasteiger partial charge < -0.3 is 15.6 Å². The average molecular weight is 255 g/mol. The first-order valence-electron chi connectivity index (χ1n) is 7.59. The molecule has 0 spiro atoms. The van der Waals surface area contributed by atoms with E-state index in [0.717, 1.165) is 31.6 Å². The van der Waals surface area contributed by atoms with Crippen LogP contribution in [0.5, 0.6) is 0 Å². The van der Waals surface area contributed by atoms with Gasteiger partial charge in [0.1, 0.15) is 0 Å². The first-order valence-corrected chi connectivity index (χ1v) is 7.59. The number of ether oxygens (including phenoxy) is 1. The highest BCUT2D eigenvalue weighted by Crippen LogP contribution is 2.50. The third-order valence-electron chi connectivity index (χ3n) is 5.56. The molecule has 1 saturated heterocycles. The van der Waals surface area contributed by atoms with Crippen LogP contribution in [-0.2, 0) is 4.74 Å². The second-order valence-corrected chi connectivity index (χ2v) is 6.50. The molecule has 0 radical (unpaired) electrons. The predicted molar refractivity (Wildman–Crippen MR) is 73.3 cm³/mol. The molecule has 3 N–H and O–H groups in total. The van der Waals surface area contributed by atoms with Crippen LogP contribution in [0.3, 0.4) is 0 Å². The van der Waals surface area contributed by atoms with E-state index in [0.29, 0.717) is 13.2 Å². The lowest BCUT2D eigenvalue weighted by atomic mass is 9.58. The lowest BCUT2D eigenvalue weighted by Crippen LogP contribution is -2.58. The van der Waals surface area contributed by atoms with Gasteiger partial charge in [0.2, 0.25) is 0 Å². The Bertz CT molecular complexity index is 274. The molecule has 106 valence electrons. The zero-order chi connectivity index (χ0) is 13.2. The van der Waals surface area contributed by atoms with Crippen molar-refractivity contribution in [2.24, 2.45) is 17.1 Å². The summed E-state index contributed by atoms with van der Waals surface area (Å²) in [7, 11) is 0. The Morgan fingerprint density at radius 1 is 1.28 bits per heavy atom. The van der Waals surface area contributed by atoms with Crippen LogP contribution in [0, 0.1) is 11.3 Å². The summed E-state index contributed by atoms with van der Waals surface area (Å²) in [6, 6.07) is 0. The second kappa shape index (κ2) is 5.48. The van der Waals surface area contributed by atoms with Crippen LogP contribution in [0.4, 0.5) is 0 Å². The molecule has 2 rings (SSSR count). The van der Waals surface area contributed by atoms with Gasteiger partial charge in [-0.2, -0.15) is 0 Å². The molecule has 3 heteroatoms. The molecule has 0 amide bonds. The largest absolute Gasteiger partial charge is 0.389 e. The zero-order valence-corrected chi connectivity index (χ0v) is 12.0. The Morgan fingerprint density at radius 2 is 1.94 bits per heavy atom. The van der Waals surface area contributed by atoms with E-state index in [1.165, 1.54) is 19.3 Å². The van der Waals surface area contributed by atoms with Crippen LogP contribution < -0.4 is 5.73 Å². The third kappa shape index (κ3) is 2.45. The van der Waals surface area contributed by atoms with E-state index in [4.69, 9.17) is 10.5 Å². The van der Waals surface area contributed by atoms with Crippen LogP contribution in [0.1, 0.15) is 58.8 Å². The fraction of sp³-hybridized carbons (Fsp3) is 1.00. The number of hydrogen-bond acceptors (Lipinski definition) is 3. The van der Waals surface area contributed by atoms with E-state index >= 15 is 0 Å². The van der Waals surface area contributed by atoms with Crippen molar-refractivity contribution in [2.45, 2.75) is 70.5 Å². The smallest absolute Gasteiger partial charge is 0.0762 e. The molecule has 3 nitrogen and oxygen atoms in total. The van der Waals surface area contributed by atoms with E-state index < -0.39 is 5.60 Å². The number of nitrogens with two attached hydrogens (primary N) is 1. The van der Waals surface area contributed by atoms with Crippen LogP contribution in [0.25, 0.3) is 0 Å². The lowest BCUT2D eigenvalue weighted by Gasteiger charge is -2.53. The van der Waals surface area contributed by atoms with Gasteiger partial charge in [0.25, 0.3) is 0 Å². The molecular formula is C15H29NO2.